The normalized spacial score (nSPS) is 10.9. The Kier molecular flexibility index (Phi) is 6.10. The van der Waals surface area contributed by atoms with Crippen LogP contribution in [0.25, 0.3) is 0 Å². The number of nitrogens with one attached hydrogen (secondary N) is 1. The van der Waals surface area contributed by atoms with E-state index in [1.54, 1.807) is 19.1 Å². The zero-order valence-electron chi connectivity index (χ0n) is 7.97. The van der Waals surface area contributed by atoms with Crippen LogP contribution >= 0.6 is 11.8 Å². The maximum atomic E-state index is 13.0. The summed E-state index contributed by atoms with van der Waals surface area (Å²) in [4.78, 5) is 2.88. The average Bonchev–Trinajstić information content (AvgIpc) is 2.11. The van der Waals surface area contributed by atoms with Crippen molar-refractivity contribution in [3.8, 4) is 0 Å². The standard InChI is InChI=1S/C9H11FN2S.HI/c1-6-3-4-7(5-8(6)10)12-9(11)13-2;/h3-5H,1-2H3,(H2,11,12);1H. The molecule has 0 amide bonds. The van der Waals surface area contributed by atoms with Gasteiger partial charge in [0.05, 0.1) is 0 Å². The van der Waals surface area contributed by atoms with Gasteiger partial charge in [-0.25, -0.2) is 9.38 Å². The fourth-order valence-electron chi connectivity index (χ4n) is 0.864. The van der Waals surface area contributed by atoms with E-state index in [1.807, 2.05) is 6.26 Å². The molecule has 78 valence electrons. The Hall–Kier alpha value is -0.300. The Bertz CT molecular complexity index is 342. The third-order valence-electron chi connectivity index (χ3n) is 1.66. The van der Waals surface area contributed by atoms with Crippen LogP contribution in [0.15, 0.2) is 18.2 Å². The summed E-state index contributed by atoms with van der Waals surface area (Å²) < 4.78 is 13.0. The molecule has 0 bridgehead atoms. The quantitative estimate of drug-likeness (QED) is 0.341. The lowest BCUT2D eigenvalue weighted by molar-refractivity contribution is -0.351. The van der Waals surface area contributed by atoms with Gasteiger partial charge >= 0.3 is 5.17 Å². The summed E-state index contributed by atoms with van der Waals surface area (Å²) in [7, 11) is 0. The lowest BCUT2D eigenvalue weighted by Crippen LogP contribution is -3.00. The lowest BCUT2D eigenvalue weighted by atomic mass is 10.2. The molecular formula is C9H12FIN2S. The van der Waals surface area contributed by atoms with Gasteiger partial charge < -0.3 is 24.0 Å². The fraction of sp³-hybridized carbons (Fsp3) is 0.222. The van der Waals surface area contributed by atoms with Crippen LogP contribution in [0.2, 0.25) is 0 Å². The minimum Gasteiger partial charge on any atom is -1.00 e. The van der Waals surface area contributed by atoms with Crippen molar-refractivity contribution < 1.29 is 33.4 Å². The predicted octanol–water partition coefficient (Wildman–Crippen LogP) is -2.47. The predicted molar refractivity (Wildman–Crippen MR) is 54.5 cm³/mol. The average molecular weight is 326 g/mol. The molecule has 0 radical (unpaired) electrons. The first-order valence-corrected chi connectivity index (χ1v) is 5.05. The molecule has 0 aromatic heterocycles. The molecule has 1 rings (SSSR count). The molecule has 0 spiro atoms. The molecule has 0 aliphatic carbocycles. The monoisotopic (exact) mass is 326 g/mol. The number of thioether (sulfide) groups is 1. The number of benzene rings is 1. The molecule has 0 unspecified atom stereocenters. The van der Waals surface area contributed by atoms with Crippen LogP contribution in [0, 0.1) is 12.7 Å². The van der Waals surface area contributed by atoms with Gasteiger partial charge in [-0.2, -0.15) is 0 Å². The number of aryl methyl sites for hydroxylation is 1. The second-order valence-corrected chi connectivity index (χ2v) is 3.51. The molecule has 0 aliphatic heterocycles. The van der Waals surface area contributed by atoms with E-state index >= 15 is 0 Å². The zero-order valence-corrected chi connectivity index (χ0v) is 10.9. The molecule has 0 saturated carbocycles. The summed E-state index contributed by atoms with van der Waals surface area (Å²) in [6.45, 7) is 1.72. The Labute approximate surface area is 104 Å². The number of hydrogen-bond acceptors (Lipinski definition) is 1. The molecular weight excluding hydrogens is 314 g/mol. The molecule has 1 aromatic carbocycles. The van der Waals surface area contributed by atoms with Crippen molar-refractivity contribution in [2.24, 2.45) is 5.73 Å². The highest BCUT2D eigenvalue weighted by Gasteiger charge is 2.01. The highest BCUT2D eigenvalue weighted by Crippen LogP contribution is 2.08. The summed E-state index contributed by atoms with van der Waals surface area (Å²) in [5.41, 5.74) is 6.85. The van der Waals surface area contributed by atoms with E-state index in [0.29, 0.717) is 16.4 Å². The third-order valence-corrected chi connectivity index (χ3v) is 2.20. The largest absolute Gasteiger partial charge is 1.00 e. The minimum atomic E-state index is -0.223. The highest BCUT2D eigenvalue weighted by molar-refractivity contribution is 8.12. The fourth-order valence-corrected chi connectivity index (χ4v) is 1.08. The number of rotatable bonds is 1. The molecule has 2 nitrogen and oxygen atoms in total. The summed E-state index contributed by atoms with van der Waals surface area (Å²) in [6, 6.07) is 4.94. The van der Waals surface area contributed by atoms with Crippen LogP contribution in [0.1, 0.15) is 5.56 Å². The van der Waals surface area contributed by atoms with Gasteiger partial charge in [0.25, 0.3) is 0 Å². The van der Waals surface area contributed by atoms with Crippen LogP contribution in [-0.2, 0) is 0 Å². The van der Waals surface area contributed by atoms with E-state index in [-0.39, 0.29) is 29.8 Å². The number of nitrogens with two attached hydrogens (primary N) is 1. The van der Waals surface area contributed by atoms with Crippen molar-refractivity contribution in [3.63, 3.8) is 0 Å². The lowest BCUT2D eigenvalue weighted by Gasteiger charge is -1.96. The van der Waals surface area contributed by atoms with Crippen LogP contribution < -0.4 is 34.7 Å². The van der Waals surface area contributed by atoms with Crippen molar-refractivity contribution in [1.82, 2.24) is 0 Å². The van der Waals surface area contributed by atoms with Crippen molar-refractivity contribution >= 4 is 22.6 Å². The minimum absolute atomic E-state index is 0. The number of hydrogen-bond donors (Lipinski definition) is 2. The van der Waals surface area contributed by atoms with E-state index < -0.39 is 0 Å². The zero-order chi connectivity index (χ0) is 9.84. The van der Waals surface area contributed by atoms with Gasteiger partial charge in [0.1, 0.15) is 11.5 Å². The second kappa shape index (κ2) is 6.23. The Balaban J connectivity index is 0.00000169. The Morgan fingerprint density at radius 3 is 2.64 bits per heavy atom. The number of halogens is 2. The maximum Gasteiger partial charge on any atom is 0.306 e. The van der Waals surface area contributed by atoms with Crippen LogP contribution in [-0.4, -0.2) is 11.4 Å². The first-order chi connectivity index (χ1) is 6.13. The molecule has 0 saturated heterocycles. The van der Waals surface area contributed by atoms with Crippen molar-refractivity contribution in [3.05, 3.63) is 29.6 Å². The van der Waals surface area contributed by atoms with E-state index in [4.69, 9.17) is 5.73 Å². The Morgan fingerprint density at radius 2 is 2.14 bits per heavy atom. The summed E-state index contributed by atoms with van der Waals surface area (Å²) >= 11 is 1.39. The summed E-state index contributed by atoms with van der Waals surface area (Å²) in [5.74, 6) is -0.223. The topological polar surface area (TPSA) is 40.0 Å². The van der Waals surface area contributed by atoms with Gasteiger partial charge in [-0.15, -0.1) is 0 Å². The van der Waals surface area contributed by atoms with E-state index in [2.05, 4.69) is 4.99 Å². The first kappa shape index (κ1) is 13.7. The summed E-state index contributed by atoms with van der Waals surface area (Å²) in [6.07, 6.45) is 1.85. The van der Waals surface area contributed by atoms with Gasteiger partial charge in [-0.3, -0.25) is 5.73 Å². The first-order valence-electron chi connectivity index (χ1n) is 3.83. The van der Waals surface area contributed by atoms with E-state index in [0.717, 1.165) is 0 Å². The van der Waals surface area contributed by atoms with Gasteiger partial charge in [-0.1, -0.05) is 6.07 Å². The van der Waals surface area contributed by atoms with E-state index in [9.17, 15) is 4.39 Å². The second-order valence-electron chi connectivity index (χ2n) is 2.66. The van der Waals surface area contributed by atoms with Crippen LogP contribution in [0.3, 0.4) is 0 Å². The Morgan fingerprint density at radius 1 is 1.50 bits per heavy atom. The molecule has 0 fully saturated rings. The molecule has 0 aliphatic rings. The third kappa shape index (κ3) is 3.83. The molecule has 1 aromatic rings. The smallest absolute Gasteiger partial charge is 0.306 e. The SMILES string of the molecule is CSC(N)=[NH+]c1ccc(C)c(F)c1.[I-]. The summed E-state index contributed by atoms with van der Waals surface area (Å²) in [5, 5.41) is 0.559. The molecule has 5 heteroatoms. The van der Waals surface area contributed by atoms with Crippen molar-refractivity contribution in [2.45, 2.75) is 6.92 Å². The van der Waals surface area contributed by atoms with Crippen LogP contribution in [0.5, 0.6) is 0 Å². The molecule has 3 N–H and O–H groups in total. The number of amidine groups is 1. The van der Waals surface area contributed by atoms with Gasteiger partial charge in [0.2, 0.25) is 0 Å². The molecule has 0 heterocycles. The molecule has 14 heavy (non-hydrogen) atoms. The highest BCUT2D eigenvalue weighted by atomic mass is 127. The van der Waals surface area contributed by atoms with Gasteiger partial charge in [0, 0.05) is 6.07 Å². The van der Waals surface area contributed by atoms with E-state index in [1.165, 1.54) is 17.8 Å². The van der Waals surface area contributed by atoms with Gasteiger partial charge in [0.15, 0.2) is 0 Å². The van der Waals surface area contributed by atoms with Crippen molar-refractivity contribution in [2.75, 3.05) is 6.26 Å². The van der Waals surface area contributed by atoms with Crippen molar-refractivity contribution in [1.29, 1.82) is 0 Å². The van der Waals surface area contributed by atoms with Crippen LogP contribution in [0.4, 0.5) is 10.1 Å². The molecule has 0 atom stereocenters. The van der Waals surface area contributed by atoms with Gasteiger partial charge in [-0.05, 0) is 36.6 Å². The maximum absolute atomic E-state index is 13.0.